The number of piperazine rings is 1. The highest BCUT2D eigenvalue weighted by atomic mass is 35.5. The minimum atomic E-state index is 0.242. The number of nitrogens with one attached hydrogen (secondary N) is 1. The van der Waals surface area contributed by atoms with Crippen molar-refractivity contribution in [2.75, 3.05) is 18.0 Å². The molecule has 1 N–H and O–H groups in total. The fourth-order valence-corrected chi connectivity index (χ4v) is 2.47. The quantitative estimate of drug-likeness (QED) is 0.892. The summed E-state index contributed by atoms with van der Waals surface area (Å²) in [7, 11) is 0. The molecule has 96 valence electrons. The third-order valence-corrected chi connectivity index (χ3v) is 3.88. The maximum atomic E-state index is 8.79. The van der Waals surface area contributed by atoms with E-state index in [2.05, 4.69) is 29.3 Å². The van der Waals surface area contributed by atoms with Crippen LogP contribution in [0.4, 0.5) is 5.69 Å². The van der Waals surface area contributed by atoms with Crippen LogP contribution in [-0.4, -0.2) is 25.2 Å². The number of aryl methyl sites for hydroxylation is 1. The van der Waals surface area contributed by atoms with Crippen LogP contribution in [0.2, 0.25) is 5.02 Å². The first kappa shape index (κ1) is 13.2. The lowest BCUT2D eigenvalue weighted by atomic mass is 10.1. The first-order valence-electron chi connectivity index (χ1n) is 6.25. The van der Waals surface area contributed by atoms with Gasteiger partial charge < -0.3 is 10.2 Å². The fraction of sp³-hybridized carbons (Fsp3) is 0.500. The summed E-state index contributed by atoms with van der Waals surface area (Å²) in [6, 6.07) is 9.05. The molecule has 4 heteroatoms. The summed E-state index contributed by atoms with van der Waals surface area (Å²) < 4.78 is 0. The van der Waals surface area contributed by atoms with Crippen LogP contribution in [-0.2, 0) is 0 Å². The van der Waals surface area contributed by atoms with Crippen molar-refractivity contribution in [1.29, 1.82) is 5.26 Å². The third kappa shape index (κ3) is 2.77. The average molecular weight is 264 g/mol. The first-order chi connectivity index (χ1) is 8.61. The molecule has 3 nitrogen and oxygen atoms in total. The zero-order valence-corrected chi connectivity index (χ0v) is 11.5. The topological polar surface area (TPSA) is 39.1 Å². The minimum absolute atomic E-state index is 0.242. The molecule has 0 radical (unpaired) electrons. The number of rotatable bonds is 2. The van der Waals surface area contributed by atoms with Gasteiger partial charge in [0.25, 0.3) is 0 Å². The van der Waals surface area contributed by atoms with Gasteiger partial charge in [-0.3, -0.25) is 0 Å². The zero-order chi connectivity index (χ0) is 13.1. The van der Waals surface area contributed by atoms with E-state index in [-0.39, 0.29) is 6.04 Å². The highest BCUT2D eigenvalue weighted by Crippen LogP contribution is 2.26. The van der Waals surface area contributed by atoms with E-state index in [9.17, 15) is 0 Å². The highest BCUT2D eigenvalue weighted by molar-refractivity contribution is 6.31. The number of nitrogens with zero attached hydrogens (tertiary/aromatic N) is 2. The highest BCUT2D eigenvalue weighted by Gasteiger charge is 2.25. The zero-order valence-electron chi connectivity index (χ0n) is 10.8. The summed E-state index contributed by atoms with van der Waals surface area (Å²) in [5.74, 6) is 0. The Morgan fingerprint density at radius 3 is 3.00 bits per heavy atom. The SMILES string of the molecule is Cc1ccc(N2CC(CC#N)NCC2C)cc1Cl. The Bertz CT molecular complexity index is 467. The number of halogens is 1. The molecular formula is C14H18ClN3. The van der Waals surface area contributed by atoms with Gasteiger partial charge in [-0.15, -0.1) is 0 Å². The van der Waals surface area contributed by atoms with Crippen molar-refractivity contribution in [1.82, 2.24) is 5.32 Å². The van der Waals surface area contributed by atoms with Crippen LogP contribution in [0.15, 0.2) is 18.2 Å². The molecule has 1 heterocycles. The molecule has 1 aromatic carbocycles. The monoisotopic (exact) mass is 263 g/mol. The Labute approximate surface area is 113 Å². The van der Waals surface area contributed by atoms with Gasteiger partial charge >= 0.3 is 0 Å². The Kier molecular flexibility index (Phi) is 4.11. The van der Waals surface area contributed by atoms with Crippen molar-refractivity contribution < 1.29 is 0 Å². The largest absolute Gasteiger partial charge is 0.366 e. The Balaban J connectivity index is 2.19. The number of benzene rings is 1. The molecule has 1 aliphatic heterocycles. The Hall–Kier alpha value is -1.24. The van der Waals surface area contributed by atoms with E-state index in [1.807, 2.05) is 19.1 Å². The van der Waals surface area contributed by atoms with E-state index in [1.54, 1.807) is 0 Å². The van der Waals surface area contributed by atoms with E-state index < -0.39 is 0 Å². The maximum absolute atomic E-state index is 8.79. The van der Waals surface area contributed by atoms with E-state index >= 15 is 0 Å². The second kappa shape index (κ2) is 5.60. The molecule has 2 unspecified atom stereocenters. The summed E-state index contributed by atoms with van der Waals surface area (Å²) in [5.41, 5.74) is 2.24. The van der Waals surface area contributed by atoms with Crippen LogP contribution in [0.5, 0.6) is 0 Å². The average Bonchev–Trinajstić information content (AvgIpc) is 2.35. The summed E-state index contributed by atoms with van der Waals surface area (Å²) in [6.07, 6.45) is 0.544. The van der Waals surface area contributed by atoms with Crippen molar-refractivity contribution in [2.45, 2.75) is 32.4 Å². The molecule has 0 saturated carbocycles. The van der Waals surface area contributed by atoms with E-state index in [1.165, 1.54) is 0 Å². The third-order valence-electron chi connectivity index (χ3n) is 3.48. The lowest BCUT2D eigenvalue weighted by molar-refractivity contribution is 0.409. The summed E-state index contributed by atoms with van der Waals surface area (Å²) in [4.78, 5) is 2.32. The summed E-state index contributed by atoms with van der Waals surface area (Å²) in [5, 5.41) is 13.0. The smallest absolute Gasteiger partial charge is 0.0638 e. The molecule has 2 atom stereocenters. The number of hydrogen-bond acceptors (Lipinski definition) is 3. The van der Waals surface area contributed by atoms with Crippen molar-refractivity contribution in [2.24, 2.45) is 0 Å². The van der Waals surface area contributed by atoms with Crippen LogP contribution in [0.1, 0.15) is 18.9 Å². The van der Waals surface area contributed by atoms with Gasteiger partial charge in [-0.1, -0.05) is 17.7 Å². The molecule has 1 aliphatic rings. The normalized spacial score (nSPS) is 23.8. The minimum Gasteiger partial charge on any atom is -0.366 e. The lowest BCUT2D eigenvalue weighted by Crippen LogP contribution is -2.55. The number of hydrogen-bond donors (Lipinski definition) is 1. The number of nitriles is 1. The van der Waals surface area contributed by atoms with E-state index in [0.717, 1.165) is 29.4 Å². The molecule has 0 spiro atoms. The van der Waals surface area contributed by atoms with E-state index in [4.69, 9.17) is 16.9 Å². The van der Waals surface area contributed by atoms with Crippen LogP contribution >= 0.6 is 11.6 Å². The van der Waals surface area contributed by atoms with Crippen molar-refractivity contribution >= 4 is 17.3 Å². The van der Waals surface area contributed by atoms with Crippen LogP contribution in [0, 0.1) is 18.3 Å². The molecule has 0 amide bonds. The van der Waals surface area contributed by atoms with Crippen molar-refractivity contribution in [3.63, 3.8) is 0 Å². The van der Waals surface area contributed by atoms with Gasteiger partial charge in [0, 0.05) is 35.9 Å². The molecular weight excluding hydrogens is 246 g/mol. The molecule has 0 aliphatic carbocycles. The van der Waals surface area contributed by atoms with Crippen molar-refractivity contribution in [3.8, 4) is 6.07 Å². The van der Waals surface area contributed by atoms with Gasteiger partial charge in [-0.25, -0.2) is 0 Å². The van der Waals surface area contributed by atoms with Gasteiger partial charge in [0.2, 0.25) is 0 Å². The van der Waals surface area contributed by atoms with Gasteiger partial charge in [0.15, 0.2) is 0 Å². The second-order valence-electron chi connectivity index (χ2n) is 4.90. The van der Waals surface area contributed by atoms with Crippen LogP contribution < -0.4 is 10.2 Å². The maximum Gasteiger partial charge on any atom is 0.0638 e. The predicted octanol–water partition coefficient (Wildman–Crippen LogP) is 2.73. The molecule has 0 aromatic heterocycles. The molecule has 1 aromatic rings. The Morgan fingerprint density at radius 2 is 2.33 bits per heavy atom. The van der Waals surface area contributed by atoms with Gasteiger partial charge in [0.1, 0.15) is 0 Å². The van der Waals surface area contributed by atoms with Crippen LogP contribution in [0.3, 0.4) is 0 Å². The molecule has 1 saturated heterocycles. The van der Waals surface area contributed by atoms with E-state index in [0.29, 0.717) is 12.5 Å². The van der Waals surface area contributed by atoms with Crippen molar-refractivity contribution in [3.05, 3.63) is 28.8 Å². The standard InChI is InChI=1S/C14H18ClN3/c1-10-3-4-13(7-14(10)15)18-9-12(5-6-16)17-8-11(18)2/h3-4,7,11-12,17H,5,8-9H2,1-2H3. The lowest BCUT2D eigenvalue weighted by Gasteiger charge is -2.40. The van der Waals surface area contributed by atoms with Gasteiger partial charge in [0.05, 0.1) is 12.5 Å². The fourth-order valence-electron chi connectivity index (χ4n) is 2.30. The van der Waals surface area contributed by atoms with Gasteiger partial charge in [-0.05, 0) is 31.5 Å². The molecule has 2 rings (SSSR count). The molecule has 0 bridgehead atoms. The van der Waals surface area contributed by atoms with Crippen LogP contribution in [0.25, 0.3) is 0 Å². The number of anilines is 1. The Morgan fingerprint density at radius 1 is 1.56 bits per heavy atom. The molecule has 1 fully saturated rings. The summed E-state index contributed by atoms with van der Waals surface area (Å²) >= 11 is 6.18. The predicted molar refractivity (Wildman–Crippen MR) is 75.0 cm³/mol. The molecule has 18 heavy (non-hydrogen) atoms. The first-order valence-corrected chi connectivity index (χ1v) is 6.62. The summed E-state index contributed by atoms with van der Waals surface area (Å²) in [6.45, 7) is 5.95. The van der Waals surface area contributed by atoms with Gasteiger partial charge in [-0.2, -0.15) is 5.26 Å². The second-order valence-corrected chi connectivity index (χ2v) is 5.31.